The van der Waals surface area contributed by atoms with E-state index >= 15 is 0 Å². The zero-order chi connectivity index (χ0) is 16.4. The van der Waals surface area contributed by atoms with E-state index in [4.69, 9.17) is 4.74 Å². The summed E-state index contributed by atoms with van der Waals surface area (Å²) < 4.78 is 5.46. The van der Waals surface area contributed by atoms with Gasteiger partial charge in [-0.1, -0.05) is 0 Å². The molecule has 0 bridgehead atoms. The first-order valence-corrected chi connectivity index (χ1v) is 9.87. The third-order valence-electron chi connectivity index (χ3n) is 5.30. The lowest BCUT2D eigenvalue weighted by molar-refractivity contribution is 0.0598. The van der Waals surface area contributed by atoms with E-state index in [-0.39, 0.29) is 0 Å². The monoisotopic (exact) mass is 346 g/mol. The number of piperazine rings is 1. The summed E-state index contributed by atoms with van der Waals surface area (Å²) >= 11 is 1.76. The Morgan fingerprint density at radius 3 is 2.75 bits per heavy atom. The molecule has 2 aromatic rings. The Labute approximate surface area is 147 Å². The van der Waals surface area contributed by atoms with E-state index in [1.54, 1.807) is 17.7 Å². The molecule has 0 radical (unpaired) electrons. The van der Waals surface area contributed by atoms with Crippen LogP contribution >= 0.6 is 11.3 Å². The predicted molar refractivity (Wildman–Crippen MR) is 99.0 cm³/mol. The first kappa shape index (κ1) is 16.2. The lowest BCUT2D eigenvalue weighted by Gasteiger charge is -2.36. The summed E-state index contributed by atoms with van der Waals surface area (Å²) in [6.07, 6.45) is 5.53. The molecule has 5 nitrogen and oxygen atoms in total. The third kappa shape index (κ3) is 3.55. The fourth-order valence-corrected chi connectivity index (χ4v) is 4.64. The maximum atomic E-state index is 5.46. The van der Waals surface area contributed by atoms with Crippen molar-refractivity contribution < 1.29 is 4.74 Å². The van der Waals surface area contributed by atoms with Crippen molar-refractivity contribution in [1.29, 1.82) is 0 Å². The van der Waals surface area contributed by atoms with Crippen molar-refractivity contribution in [2.24, 2.45) is 5.92 Å². The molecular formula is C18H26N4OS. The molecule has 4 heterocycles. The molecule has 0 amide bonds. The van der Waals surface area contributed by atoms with Crippen LogP contribution in [0.3, 0.4) is 0 Å². The van der Waals surface area contributed by atoms with Gasteiger partial charge in [-0.2, -0.15) is 0 Å². The summed E-state index contributed by atoms with van der Waals surface area (Å²) in [7, 11) is 0. The molecule has 4 rings (SSSR count). The van der Waals surface area contributed by atoms with Crippen molar-refractivity contribution >= 4 is 27.4 Å². The molecule has 0 aromatic carbocycles. The van der Waals surface area contributed by atoms with E-state index in [2.05, 4.69) is 32.8 Å². The summed E-state index contributed by atoms with van der Waals surface area (Å²) in [6, 6.07) is 2.23. The molecule has 0 N–H and O–H groups in total. The van der Waals surface area contributed by atoms with Crippen LogP contribution in [0.4, 0.5) is 5.82 Å². The van der Waals surface area contributed by atoms with Gasteiger partial charge in [-0.15, -0.1) is 11.3 Å². The highest BCUT2D eigenvalue weighted by molar-refractivity contribution is 7.18. The number of hydrogen-bond donors (Lipinski definition) is 0. The molecule has 2 fully saturated rings. The maximum Gasteiger partial charge on any atom is 0.140 e. The second kappa shape index (κ2) is 7.33. The summed E-state index contributed by atoms with van der Waals surface area (Å²) in [6.45, 7) is 9.70. The Hall–Kier alpha value is -1.24. The van der Waals surface area contributed by atoms with Crippen LogP contribution in [0.25, 0.3) is 10.2 Å². The lowest BCUT2D eigenvalue weighted by Crippen LogP contribution is -2.47. The van der Waals surface area contributed by atoms with E-state index in [9.17, 15) is 0 Å². The van der Waals surface area contributed by atoms with Gasteiger partial charge in [0.2, 0.25) is 0 Å². The summed E-state index contributed by atoms with van der Waals surface area (Å²) in [5, 5.41) is 1.22. The van der Waals surface area contributed by atoms with Crippen LogP contribution in [0.5, 0.6) is 0 Å². The Bertz CT molecular complexity index is 675. The number of aryl methyl sites for hydroxylation is 1. The van der Waals surface area contributed by atoms with Crippen molar-refractivity contribution in [3.05, 3.63) is 17.3 Å². The number of hydrogen-bond acceptors (Lipinski definition) is 6. The van der Waals surface area contributed by atoms with Gasteiger partial charge < -0.3 is 9.64 Å². The van der Waals surface area contributed by atoms with Crippen LogP contribution < -0.4 is 4.90 Å². The number of aromatic nitrogens is 2. The first-order valence-electron chi connectivity index (χ1n) is 9.06. The van der Waals surface area contributed by atoms with Crippen LogP contribution in [-0.4, -0.2) is 60.8 Å². The minimum absolute atomic E-state index is 0.868. The fourth-order valence-electron chi connectivity index (χ4n) is 3.80. The van der Waals surface area contributed by atoms with Crippen LogP contribution in [-0.2, 0) is 4.74 Å². The van der Waals surface area contributed by atoms with E-state index < -0.39 is 0 Å². The minimum atomic E-state index is 0.868. The van der Waals surface area contributed by atoms with Gasteiger partial charge >= 0.3 is 0 Å². The molecule has 2 saturated heterocycles. The smallest absolute Gasteiger partial charge is 0.140 e. The Balaban J connectivity index is 1.33. The van der Waals surface area contributed by atoms with Gasteiger partial charge in [0, 0.05) is 44.3 Å². The van der Waals surface area contributed by atoms with Crippen molar-refractivity contribution in [2.45, 2.75) is 26.2 Å². The van der Waals surface area contributed by atoms with Crippen molar-refractivity contribution in [3.8, 4) is 0 Å². The molecule has 0 saturated carbocycles. The fraction of sp³-hybridized carbons (Fsp3) is 0.667. The molecule has 6 heteroatoms. The number of rotatable bonds is 4. The molecular weight excluding hydrogens is 320 g/mol. The second-order valence-electron chi connectivity index (χ2n) is 6.95. The highest BCUT2D eigenvalue weighted by Crippen LogP contribution is 2.30. The Morgan fingerprint density at radius 2 is 1.96 bits per heavy atom. The van der Waals surface area contributed by atoms with Gasteiger partial charge in [0.25, 0.3) is 0 Å². The second-order valence-corrected chi connectivity index (χ2v) is 8.18. The normalized spacial score (nSPS) is 20.8. The topological polar surface area (TPSA) is 41.5 Å². The number of ether oxygens (including phenoxy) is 1. The number of fused-ring (bicyclic) bond motifs is 1. The standard InChI is InChI=1S/C18H26N4OS/c1-14-12-16-17(19-13-20-18(16)24-14)22-8-6-21(7-9-22)5-2-15-3-10-23-11-4-15/h12-13,15H,2-11H2,1H3. The number of nitrogens with zero attached hydrogens (tertiary/aromatic N) is 4. The highest BCUT2D eigenvalue weighted by atomic mass is 32.1. The van der Waals surface area contributed by atoms with Crippen molar-refractivity contribution in [1.82, 2.24) is 14.9 Å². The first-order chi connectivity index (χ1) is 11.8. The predicted octanol–water partition coefficient (Wildman–Crippen LogP) is 2.94. The van der Waals surface area contributed by atoms with Crippen molar-refractivity contribution in [3.63, 3.8) is 0 Å². The van der Waals surface area contributed by atoms with Crippen LogP contribution in [0.2, 0.25) is 0 Å². The highest BCUT2D eigenvalue weighted by Gasteiger charge is 2.22. The average Bonchev–Trinajstić information content (AvgIpc) is 3.01. The average molecular weight is 346 g/mol. The van der Waals surface area contributed by atoms with Crippen LogP contribution in [0.1, 0.15) is 24.1 Å². The van der Waals surface area contributed by atoms with Gasteiger partial charge in [-0.3, -0.25) is 4.90 Å². The molecule has 0 spiro atoms. The molecule has 2 aliphatic heterocycles. The number of thiophene rings is 1. The van der Waals surface area contributed by atoms with E-state index in [0.29, 0.717) is 0 Å². The molecule has 0 aliphatic carbocycles. The van der Waals surface area contributed by atoms with Crippen LogP contribution in [0.15, 0.2) is 12.4 Å². The Kier molecular flexibility index (Phi) is 4.96. The van der Waals surface area contributed by atoms with Gasteiger partial charge in [-0.05, 0) is 44.7 Å². The molecule has 2 aliphatic rings. The Morgan fingerprint density at radius 1 is 1.17 bits per heavy atom. The van der Waals surface area contributed by atoms with Crippen LogP contribution in [0, 0.1) is 12.8 Å². The molecule has 0 atom stereocenters. The third-order valence-corrected chi connectivity index (χ3v) is 6.26. The molecule has 0 unspecified atom stereocenters. The maximum absolute atomic E-state index is 5.46. The lowest BCUT2D eigenvalue weighted by atomic mass is 9.96. The minimum Gasteiger partial charge on any atom is -0.381 e. The summed E-state index contributed by atoms with van der Waals surface area (Å²) in [5.74, 6) is 1.99. The number of anilines is 1. The summed E-state index contributed by atoms with van der Waals surface area (Å²) in [5.41, 5.74) is 0. The quantitative estimate of drug-likeness (QED) is 0.851. The largest absolute Gasteiger partial charge is 0.381 e. The van der Waals surface area contributed by atoms with Crippen molar-refractivity contribution in [2.75, 3.05) is 50.8 Å². The summed E-state index contributed by atoms with van der Waals surface area (Å²) in [4.78, 5) is 16.5. The molecule has 24 heavy (non-hydrogen) atoms. The van der Waals surface area contributed by atoms with Gasteiger partial charge in [-0.25, -0.2) is 9.97 Å². The zero-order valence-corrected chi connectivity index (χ0v) is 15.2. The van der Waals surface area contributed by atoms with E-state index in [0.717, 1.165) is 56.0 Å². The van der Waals surface area contributed by atoms with E-state index in [1.807, 2.05) is 0 Å². The van der Waals surface area contributed by atoms with E-state index in [1.165, 1.54) is 36.1 Å². The molecule has 2 aromatic heterocycles. The molecule has 130 valence electrons. The van der Waals surface area contributed by atoms with Gasteiger partial charge in [0.1, 0.15) is 17.0 Å². The van der Waals surface area contributed by atoms with Gasteiger partial charge in [0.05, 0.1) is 5.39 Å². The van der Waals surface area contributed by atoms with Gasteiger partial charge in [0.15, 0.2) is 0 Å². The SMILES string of the molecule is Cc1cc2c(N3CCN(CCC4CCOCC4)CC3)ncnc2s1. The zero-order valence-electron chi connectivity index (χ0n) is 14.4.